The van der Waals surface area contributed by atoms with Crippen LogP contribution >= 0.6 is 11.3 Å². The molecule has 0 aromatic carbocycles. The number of aryl methyl sites for hydroxylation is 1. The Labute approximate surface area is 240 Å². The number of carbonyl (C=O) groups excluding carboxylic acids is 1. The summed E-state index contributed by atoms with van der Waals surface area (Å²) < 4.78 is 5.47. The third-order valence-corrected chi connectivity index (χ3v) is 7.97. The average molecular weight is 559 g/mol. The molecule has 2 heterocycles. The minimum absolute atomic E-state index is 0.118. The molecule has 1 aliphatic carbocycles. The summed E-state index contributed by atoms with van der Waals surface area (Å²) in [5, 5.41) is 14.6. The highest BCUT2D eigenvalue weighted by molar-refractivity contribution is 7.12. The lowest BCUT2D eigenvalue weighted by atomic mass is 10.00. The maximum Gasteiger partial charge on any atom is 0.351 e. The molecule has 40 heavy (non-hydrogen) atoms. The maximum atomic E-state index is 13.2. The Hall–Kier alpha value is -3.89. The molecule has 210 valence electrons. The topological polar surface area (TPSA) is 92.4 Å². The number of rotatable bonds is 12. The minimum Gasteiger partial charge on any atom is -0.507 e. The second kappa shape index (κ2) is 14.0. The van der Waals surface area contributed by atoms with Crippen LogP contribution in [0, 0.1) is 24.7 Å². The van der Waals surface area contributed by atoms with Gasteiger partial charge in [-0.3, -0.25) is 4.79 Å². The third kappa shape index (κ3) is 8.06. The summed E-state index contributed by atoms with van der Waals surface area (Å²) >= 11 is 1.48. The molecule has 0 amide bonds. The summed E-state index contributed by atoms with van der Waals surface area (Å²) in [6.07, 6.45) is 12.6. The normalized spacial score (nSPS) is 16.1. The molecule has 3 rings (SSSR count). The molecule has 2 N–H and O–H groups in total. The lowest BCUT2D eigenvalue weighted by Crippen LogP contribution is -2.16. The lowest BCUT2D eigenvalue weighted by molar-refractivity contribution is 0.102. The van der Waals surface area contributed by atoms with Crippen LogP contribution in [-0.2, 0) is 6.42 Å². The van der Waals surface area contributed by atoms with E-state index in [2.05, 4.69) is 48.6 Å². The first kappa shape index (κ1) is 30.6. The summed E-state index contributed by atoms with van der Waals surface area (Å²) in [5.74, 6) is 6.01. The van der Waals surface area contributed by atoms with E-state index in [4.69, 9.17) is 4.42 Å². The highest BCUT2D eigenvalue weighted by Crippen LogP contribution is 2.28. The van der Waals surface area contributed by atoms with E-state index < -0.39 is 11.4 Å². The number of carbonyl (C=O) groups is 1. The highest BCUT2D eigenvalue weighted by atomic mass is 32.1. The standard InChI is InChI=1S/C33H38N2O4S/c1-8-24(6)34-16-10-9-11-22(4)28-19-27(36)31(33(38)39-28)32(37)23(5)17-29-25(7)35-30(40-29)18-26-14-12-20(2)21(3)13-15-26/h10,12,14,16-17,19,21-22,34,36H,6,8-9,11,18H2,1-5,7H3/b16-10+,23-17+. The molecule has 0 radical (unpaired) electrons. The maximum absolute atomic E-state index is 13.2. The van der Waals surface area contributed by atoms with Gasteiger partial charge >= 0.3 is 5.63 Å². The van der Waals surface area contributed by atoms with Gasteiger partial charge in [-0.2, -0.15) is 0 Å². The van der Waals surface area contributed by atoms with Crippen LogP contribution in [0.3, 0.4) is 0 Å². The predicted octanol–water partition coefficient (Wildman–Crippen LogP) is 7.38. The smallest absolute Gasteiger partial charge is 0.351 e. The van der Waals surface area contributed by atoms with Crippen molar-refractivity contribution < 1.29 is 14.3 Å². The first-order valence-corrected chi connectivity index (χ1v) is 14.4. The monoisotopic (exact) mass is 558 g/mol. The fraction of sp³-hybridized carbons (Fsp3) is 0.364. The van der Waals surface area contributed by atoms with E-state index in [0.717, 1.165) is 39.7 Å². The van der Waals surface area contributed by atoms with Gasteiger partial charge in [0.15, 0.2) is 5.78 Å². The molecule has 0 saturated carbocycles. The van der Waals surface area contributed by atoms with E-state index in [1.807, 2.05) is 39.1 Å². The van der Waals surface area contributed by atoms with Crippen LogP contribution in [0.1, 0.15) is 91.5 Å². The Balaban J connectivity index is 1.72. The summed E-state index contributed by atoms with van der Waals surface area (Å²) in [4.78, 5) is 31.4. The van der Waals surface area contributed by atoms with Crippen molar-refractivity contribution in [1.82, 2.24) is 10.3 Å². The summed E-state index contributed by atoms with van der Waals surface area (Å²) in [6.45, 7) is 15.5. The number of Topliss-reactive ketones (excluding diaryl/α,β-unsaturated/α-hetero) is 1. The van der Waals surface area contributed by atoms with Crippen molar-refractivity contribution >= 4 is 23.2 Å². The number of hydrogen-bond acceptors (Lipinski definition) is 7. The van der Waals surface area contributed by atoms with Gasteiger partial charge in [0, 0.05) is 35.6 Å². The van der Waals surface area contributed by atoms with Gasteiger partial charge in [-0.25, -0.2) is 9.78 Å². The quantitative estimate of drug-likeness (QED) is 0.160. The predicted molar refractivity (Wildman–Crippen MR) is 163 cm³/mol. The number of aromatic hydroxyl groups is 1. The van der Waals surface area contributed by atoms with Gasteiger partial charge in [0.1, 0.15) is 17.1 Å². The SMILES string of the molecule is C=C(CC)N/C=C/CCC(C)c1cc(O)c(C(=O)/C(C)=C/c2sc(CC3=CC=C(C)C(C)C#C3)nc2C)c(=O)o1. The third-order valence-electron chi connectivity index (χ3n) is 6.86. The van der Waals surface area contributed by atoms with Crippen molar-refractivity contribution in [2.45, 2.75) is 73.1 Å². The van der Waals surface area contributed by atoms with Crippen molar-refractivity contribution in [1.29, 1.82) is 0 Å². The van der Waals surface area contributed by atoms with Gasteiger partial charge in [-0.1, -0.05) is 56.1 Å². The van der Waals surface area contributed by atoms with Crippen LogP contribution in [0.25, 0.3) is 6.08 Å². The van der Waals surface area contributed by atoms with Crippen molar-refractivity contribution in [3.05, 3.63) is 96.8 Å². The van der Waals surface area contributed by atoms with Gasteiger partial charge in [0.05, 0.1) is 15.6 Å². The highest BCUT2D eigenvalue weighted by Gasteiger charge is 2.22. The number of aromatic nitrogens is 1. The summed E-state index contributed by atoms with van der Waals surface area (Å²) in [5.41, 5.74) is 3.06. The van der Waals surface area contributed by atoms with Crippen molar-refractivity contribution in [3.8, 4) is 17.6 Å². The largest absolute Gasteiger partial charge is 0.507 e. The first-order valence-electron chi connectivity index (χ1n) is 13.5. The molecule has 0 saturated heterocycles. The van der Waals surface area contributed by atoms with Crippen molar-refractivity contribution in [2.75, 3.05) is 0 Å². The van der Waals surface area contributed by atoms with E-state index in [1.165, 1.54) is 23.0 Å². The zero-order valence-electron chi connectivity index (χ0n) is 24.2. The summed E-state index contributed by atoms with van der Waals surface area (Å²) in [6, 6.07) is 1.38. The van der Waals surface area contributed by atoms with E-state index in [9.17, 15) is 14.7 Å². The molecule has 1 aliphatic rings. The Morgan fingerprint density at radius 2 is 2.10 bits per heavy atom. The number of nitrogens with one attached hydrogen (secondary N) is 1. The molecule has 6 nitrogen and oxygen atoms in total. The lowest BCUT2D eigenvalue weighted by Gasteiger charge is -2.11. The van der Waals surface area contributed by atoms with Gasteiger partial charge in [0.25, 0.3) is 0 Å². The van der Waals surface area contributed by atoms with E-state index >= 15 is 0 Å². The van der Waals surface area contributed by atoms with Gasteiger partial charge in [0.2, 0.25) is 0 Å². The van der Waals surface area contributed by atoms with Crippen molar-refractivity contribution in [3.63, 3.8) is 0 Å². The number of nitrogens with zero attached hydrogens (tertiary/aromatic N) is 1. The van der Waals surface area contributed by atoms with E-state index in [-0.39, 0.29) is 23.1 Å². The Morgan fingerprint density at radius 3 is 2.80 bits per heavy atom. The van der Waals surface area contributed by atoms with Gasteiger partial charge in [-0.15, -0.1) is 11.3 Å². The van der Waals surface area contributed by atoms with Crippen LogP contribution < -0.4 is 10.9 Å². The minimum atomic E-state index is -0.839. The summed E-state index contributed by atoms with van der Waals surface area (Å²) in [7, 11) is 0. The van der Waals surface area contributed by atoms with Crippen LogP contribution in [0.2, 0.25) is 0 Å². The number of allylic oxidation sites excluding steroid dienone is 7. The number of thiazole rings is 1. The van der Waals surface area contributed by atoms with Crippen LogP contribution in [0.4, 0.5) is 0 Å². The molecule has 2 atom stereocenters. The number of hydrogen-bond donors (Lipinski definition) is 2. The Bertz CT molecular complexity index is 1520. The molecule has 0 spiro atoms. The van der Waals surface area contributed by atoms with Crippen LogP contribution in [0.15, 0.2) is 68.7 Å². The second-order valence-corrected chi connectivity index (χ2v) is 11.3. The van der Waals surface area contributed by atoms with Gasteiger partial charge < -0.3 is 14.8 Å². The molecule has 2 unspecified atom stereocenters. The van der Waals surface area contributed by atoms with Crippen LogP contribution in [-0.4, -0.2) is 15.9 Å². The molecule has 0 bridgehead atoms. The van der Waals surface area contributed by atoms with Crippen molar-refractivity contribution in [2.24, 2.45) is 5.92 Å². The van der Waals surface area contributed by atoms with E-state index in [1.54, 1.807) is 13.0 Å². The fourth-order valence-corrected chi connectivity index (χ4v) is 5.03. The Morgan fingerprint density at radius 1 is 1.35 bits per heavy atom. The zero-order valence-corrected chi connectivity index (χ0v) is 25.0. The Kier molecular flexibility index (Phi) is 10.7. The molecule has 2 aromatic rings. The average Bonchev–Trinajstić information content (AvgIpc) is 3.17. The first-order chi connectivity index (χ1) is 19.0. The molecule has 0 aliphatic heterocycles. The second-order valence-electron chi connectivity index (χ2n) is 10.2. The van der Waals surface area contributed by atoms with Crippen LogP contribution in [0.5, 0.6) is 5.75 Å². The zero-order chi connectivity index (χ0) is 29.4. The van der Waals surface area contributed by atoms with Gasteiger partial charge in [-0.05, 0) is 64.8 Å². The molecule has 2 aromatic heterocycles. The molecule has 7 heteroatoms. The molecular weight excluding hydrogens is 520 g/mol. The molecular formula is C33H38N2O4S. The fourth-order valence-electron chi connectivity index (χ4n) is 3.94. The number of ketones is 1. The molecule has 0 fully saturated rings. The van der Waals surface area contributed by atoms with E-state index in [0.29, 0.717) is 24.2 Å².